The highest BCUT2D eigenvalue weighted by atomic mass is 35.5. The number of methoxy groups -OCH3 is 1. The average Bonchev–Trinajstić information content (AvgIpc) is 2.38. The van der Waals surface area contributed by atoms with E-state index in [1.807, 2.05) is 0 Å². The van der Waals surface area contributed by atoms with Crippen LogP contribution in [-0.4, -0.2) is 49.4 Å². The molecule has 0 aliphatic heterocycles. The molecular formula is C11H17ClN4O3. The van der Waals surface area contributed by atoms with Gasteiger partial charge in [-0.15, -0.1) is 0 Å². The Hall–Kier alpha value is -1.60. The molecule has 0 unspecified atom stereocenters. The molecule has 0 spiro atoms. The summed E-state index contributed by atoms with van der Waals surface area (Å²) in [4.78, 5) is 21.0. The largest absolute Gasteiger partial charge is 0.465 e. The van der Waals surface area contributed by atoms with Crippen molar-refractivity contribution in [3.8, 4) is 0 Å². The highest BCUT2D eigenvalue weighted by Gasteiger charge is 2.18. The van der Waals surface area contributed by atoms with Crippen LogP contribution in [0.15, 0.2) is 6.33 Å². The van der Waals surface area contributed by atoms with Crippen molar-refractivity contribution < 1.29 is 14.3 Å². The van der Waals surface area contributed by atoms with Crippen LogP contribution < -0.4 is 10.6 Å². The van der Waals surface area contributed by atoms with Crippen LogP contribution in [0.25, 0.3) is 0 Å². The molecule has 1 heterocycles. The van der Waals surface area contributed by atoms with Crippen molar-refractivity contribution in [3.05, 3.63) is 11.3 Å². The minimum atomic E-state index is -0.369. The molecule has 0 aromatic carbocycles. The van der Waals surface area contributed by atoms with Crippen molar-refractivity contribution in [1.82, 2.24) is 9.97 Å². The van der Waals surface area contributed by atoms with Crippen molar-refractivity contribution in [2.24, 2.45) is 0 Å². The molecule has 0 aliphatic carbocycles. The Morgan fingerprint density at radius 2 is 2.26 bits per heavy atom. The molecule has 0 saturated heterocycles. The lowest BCUT2D eigenvalue weighted by molar-refractivity contribution is -0.141. The molecule has 106 valence electrons. The zero-order valence-electron chi connectivity index (χ0n) is 10.9. The highest BCUT2D eigenvalue weighted by molar-refractivity contribution is 6.35. The zero-order valence-corrected chi connectivity index (χ0v) is 11.7. The van der Waals surface area contributed by atoms with E-state index in [1.165, 1.54) is 6.33 Å². The number of nitrogens with two attached hydrogens (primary N) is 1. The Kier molecular flexibility index (Phi) is 6.31. The van der Waals surface area contributed by atoms with Crippen LogP contribution in [0.2, 0.25) is 5.02 Å². The van der Waals surface area contributed by atoms with Gasteiger partial charge in [-0.2, -0.15) is 0 Å². The number of hydrogen-bond donors (Lipinski definition) is 1. The van der Waals surface area contributed by atoms with E-state index in [4.69, 9.17) is 26.8 Å². The Balaban J connectivity index is 2.89. The summed E-state index contributed by atoms with van der Waals surface area (Å²) in [5.41, 5.74) is 5.62. The predicted octanol–water partition coefficient (Wildman–Crippen LogP) is 0.728. The molecule has 19 heavy (non-hydrogen) atoms. The summed E-state index contributed by atoms with van der Waals surface area (Å²) in [6, 6.07) is 0. The molecule has 1 aromatic heterocycles. The van der Waals surface area contributed by atoms with E-state index in [0.29, 0.717) is 25.6 Å². The normalized spacial score (nSPS) is 10.3. The average molecular weight is 289 g/mol. The lowest BCUT2D eigenvalue weighted by Crippen LogP contribution is -2.34. The van der Waals surface area contributed by atoms with E-state index in [0.717, 1.165) is 0 Å². The van der Waals surface area contributed by atoms with Crippen LogP contribution in [0.5, 0.6) is 0 Å². The fraction of sp³-hybridized carbons (Fsp3) is 0.545. The predicted molar refractivity (Wildman–Crippen MR) is 72.2 cm³/mol. The van der Waals surface area contributed by atoms with Crippen molar-refractivity contribution in [3.63, 3.8) is 0 Å². The summed E-state index contributed by atoms with van der Waals surface area (Å²) >= 11 is 6.04. The van der Waals surface area contributed by atoms with E-state index in [1.54, 1.807) is 18.9 Å². The molecule has 0 bridgehead atoms. The van der Waals surface area contributed by atoms with Gasteiger partial charge in [-0.25, -0.2) is 9.97 Å². The molecule has 0 saturated carbocycles. The lowest BCUT2D eigenvalue weighted by Gasteiger charge is -2.23. The second-order valence-electron chi connectivity index (χ2n) is 3.62. The lowest BCUT2D eigenvalue weighted by atomic mass is 10.4. The molecule has 7 nitrogen and oxygen atoms in total. The second kappa shape index (κ2) is 7.75. The van der Waals surface area contributed by atoms with Crippen LogP contribution >= 0.6 is 11.6 Å². The number of carbonyl (C=O) groups excluding carboxylic acids is 1. The summed E-state index contributed by atoms with van der Waals surface area (Å²) in [5, 5.41) is 0.211. The maximum absolute atomic E-state index is 11.6. The van der Waals surface area contributed by atoms with Gasteiger partial charge in [-0.1, -0.05) is 11.6 Å². The van der Waals surface area contributed by atoms with E-state index in [-0.39, 0.29) is 23.4 Å². The van der Waals surface area contributed by atoms with Gasteiger partial charge in [0.1, 0.15) is 23.7 Å². The van der Waals surface area contributed by atoms with Gasteiger partial charge in [0.25, 0.3) is 0 Å². The molecule has 1 rings (SSSR count). The van der Waals surface area contributed by atoms with Crippen molar-refractivity contribution in [1.29, 1.82) is 0 Å². The molecule has 0 fully saturated rings. The summed E-state index contributed by atoms with van der Waals surface area (Å²) in [5.74, 6) is 0.184. The van der Waals surface area contributed by atoms with Gasteiger partial charge >= 0.3 is 5.97 Å². The van der Waals surface area contributed by atoms with Gasteiger partial charge in [0.15, 0.2) is 5.82 Å². The van der Waals surface area contributed by atoms with Crippen molar-refractivity contribution in [2.75, 3.05) is 44.0 Å². The minimum absolute atomic E-state index is 0.0212. The van der Waals surface area contributed by atoms with Crippen molar-refractivity contribution in [2.45, 2.75) is 6.92 Å². The molecule has 2 N–H and O–H groups in total. The van der Waals surface area contributed by atoms with Gasteiger partial charge in [0, 0.05) is 13.7 Å². The molecule has 0 amide bonds. The smallest absolute Gasteiger partial charge is 0.325 e. The topological polar surface area (TPSA) is 90.6 Å². The Bertz CT molecular complexity index is 430. The zero-order chi connectivity index (χ0) is 14.3. The Morgan fingerprint density at radius 1 is 1.53 bits per heavy atom. The molecule has 0 radical (unpaired) electrons. The molecule has 8 heteroatoms. The standard InChI is InChI=1S/C11H17ClN4O3/c1-3-19-8(17)6-16(4-5-18-2)11-9(12)10(13)14-7-15-11/h7H,3-6H2,1-2H3,(H2,13,14,15). The maximum Gasteiger partial charge on any atom is 0.325 e. The van der Waals surface area contributed by atoms with E-state index >= 15 is 0 Å². The third-order valence-electron chi connectivity index (χ3n) is 2.29. The third kappa shape index (κ3) is 4.53. The fourth-order valence-corrected chi connectivity index (χ4v) is 1.64. The Morgan fingerprint density at radius 3 is 2.89 bits per heavy atom. The number of ether oxygens (including phenoxy) is 2. The number of esters is 1. The first-order chi connectivity index (χ1) is 9.10. The number of halogens is 1. The van der Waals surface area contributed by atoms with Gasteiger partial charge in [0.2, 0.25) is 0 Å². The quantitative estimate of drug-likeness (QED) is 0.740. The number of carbonyl (C=O) groups is 1. The van der Waals surface area contributed by atoms with Crippen LogP contribution in [0, 0.1) is 0 Å². The van der Waals surface area contributed by atoms with Crippen molar-refractivity contribution >= 4 is 29.2 Å². The van der Waals surface area contributed by atoms with Gasteiger partial charge in [-0.05, 0) is 6.92 Å². The summed E-state index contributed by atoms with van der Waals surface area (Å²) in [6.07, 6.45) is 1.29. The number of rotatable bonds is 7. The number of aromatic nitrogens is 2. The monoisotopic (exact) mass is 288 g/mol. The van der Waals surface area contributed by atoms with Gasteiger partial charge in [0.05, 0.1) is 13.2 Å². The summed E-state index contributed by atoms with van der Waals surface area (Å²) in [6.45, 7) is 2.93. The molecular weight excluding hydrogens is 272 g/mol. The number of nitrogens with zero attached hydrogens (tertiary/aromatic N) is 3. The van der Waals surface area contributed by atoms with Crippen LogP contribution in [0.3, 0.4) is 0 Å². The molecule has 1 aromatic rings. The third-order valence-corrected chi connectivity index (χ3v) is 2.65. The first kappa shape index (κ1) is 15.5. The number of anilines is 2. The van der Waals surface area contributed by atoms with E-state index in [2.05, 4.69) is 9.97 Å². The summed E-state index contributed by atoms with van der Waals surface area (Å²) < 4.78 is 9.90. The number of hydrogen-bond acceptors (Lipinski definition) is 7. The minimum Gasteiger partial charge on any atom is -0.465 e. The summed E-state index contributed by atoms with van der Waals surface area (Å²) in [7, 11) is 1.57. The molecule has 0 aliphatic rings. The second-order valence-corrected chi connectivity index (χ2v) is 3.99. The van der Waals surface area contributed by atoms with Crippen LogP contribution in [0.4, 0.5) is 11.6 Å². The first-order valence-electron chi connectivity index (χ1n) is 5.75. The van der Waals surface area contributed by atoms with Crippen LogP contribution in [0.1, 0.15) is 6.92 Å². The van der Waals surface area contributed by atoms with E-state index < -0.39 is 0 Å². The maximum atomic E-state index is 11.6. The fourth-order valence-electron chi connectivity index (χ4n) is 1.42. The van der Waals surface area contributed by atoms with Gasteiger partial charge < -0.3 is 20.1 Å². The number of nitrogen functional groups attached to an aromatic ring is 1. The highest BCUT2D eigenvalue weighted by Crippen LogP contribution is 2.26. The molecule has 0 atom stereocenters. The van der Waals surface area contributed by atoms with E-state index in [9.17, 15) is 4.79 Å². The SMILES string of the molecule is CCOC(=O)CN(CCOC)c1ncnc(N)c1Cl. The van der Waals surface area contributed by atoms with Crippen LogP contribution in [-0.2, 0) is 14.3 Å². The van der Waals surface area contributed by atoms with Gasteiger partial charge in [-0.3, -0.25) is 4.79 Å². The first-order valence-corrected chi connectivity index (χ1v) is 6.13. The Labute approximate surface area is 116 Å².